The Morgan fingerprint density at radius 2 is 2.24 bits per heavy atom. The Morgan fingerprint density at radius 3 is 2.82 bits per heavy atom. The summed E-state index contributed by atoms with van der Waals surface area (Å²) < 4.78 is 0. The number of hydrogen-bond donors (Lipinski definition) is 1. The average molecular weight is 252 g/mol. The standard InChI is InChI=1S/C14H24N2S/c1-5-13-8-16(11(3)7-15-13)9-14-6-10(2)12(4)17-14/h6,11,13,15H,5,7-9H2,1-4H3. The molecule has 0 amide bonds. The second-order valence-corrected chi connectivity index (χ2v) is 6.58. The van der Waals surface area contributed by atoms with Crippen molar-refractivity contribution in [2.45, 2.75) is 52.7 Å². The molecule has 0 bridgehead atoms. The highest BCUT2D eigenvalue weighted by Gasteiger charge is 2.24. The summed E-state index contributed by atoms with van der Waals surface area (Å²) in [6, 6.07) is 3.68. The number of hydrogen-bond acceptors (Lipinski definition) is 3. The maximum absolute atomic E-state index is 3.61. The van der Waals surface area contributed by atoms with Gasteiger partial charge in [0.1, 0.15) is 0 Å². The summed E-state index contributed by atoms with van der Waals surface area (Å²) >= 11 is 1.96. The molecule has 0 radical (unpaired) electrons. The van der Waals surface area contributed by atoms with Crippen LogP contribution >= 0.6 is 11.3 Å². The van der Waals surface area contributed by atoms with Crippen LogP contribution in [0.3, 0.4) is 0 Å². The molecule has 2 atom stereocenters. The normalized spacial score (nSPS) is 26.4. The summed E-state index contributed by atoms with van der Waals surface area (Å²) in [5.74, 6) is 0. The Hall–Kier alpha value is -0.380. The van der Waals surface area contributed by atoms with Crippen molar-refractivity contribution in [3.05, 3.63) is 21.4 Å². The summed E-state index contributed by atoms with van der Waals surface area (Å²) in [6.07, 6.45) is 1.23. The van der Waals surface area contributed by atoms with Gasteiger partial charge in [-0.1, -0.05) is 6.92 Å². The van der Waals surface area contributed by atoms with Gasteiger partial charge in [-0.2, -0.15) is 0 Å². The lowest BCUT2D eigenvalue weighted by Crippen LogP contribution is -2.54. The fraction of sp³-hybridized carbons (Fsp3) is 0.714. The van der Waals surface area contributed by atoms with Gasteiger partial charge >= 0.3 is 0 Å². The highest BCUT2D eigenvalue weighted by molar-refractivity contribution is 7.12. The molecule has 1 fully saturated rings. The minimum atomic E-state index is 0.653. The van der Waals surface area contributed by atoms with Crippen LogP contribution in [0.4, 0.5) is 0 Å². The van der Waals surface area contributed by atoms with E-state index in [1.54, 1.807) is 0 Å². The van der Waals surface area contributed by atoms with Crippen molar-refractivity contribution in [3.8, 4) is 0 Å². The molecule has 2 nitrogen and oxygen atoms in total. The number of rotatable bonds is 3. The number of nitrogens with one attached hydrogen (secondary N) is 1. The second-order valence-electron chi connectivity index (χ2n) is 5.24. The Morgan fingerprint density at radius 1 is 1.47 bits per heavy atom. The molecule has 17 heavy (non-hydrogen) atoms. The largest absolute Gasteiger partial charge is 0.311 e. The molecular formula is C14H24N2S. The molecule has 96 valence electrons. The lowest BCUT2D eigenvalue weighted by Gasteiger charge is -2.38. The third-order valence-corrected chi connectivity index (χ3v) is 4.99. The summed E-state index contributed by atoms with van der Waals surface area (Å²) in [4.78, 5) is 5.61. The van der Waals surface area contributed by atoms with E-state index in [-0.39, 0.29) is 0 Å². The number of thiophene rings is 1. The maximum atomic E-state index is 3.61. The van der Waals surface area contributed by atoms with Gasteiger partial charge in [0, 0.05) is 41.5 Å². The van der Waals surface area contributed by atoms with E-state index in [2.05, 4.69) is 44.0 Å². The fourth-order valence-electron chi connectivity index (χ4n) is 2.42. The van der Waals surface area contributed by atoms with Gasteiger partial charge in [-0.3, -0.25) is 4.90 Å². The van der Waals surface area contributed by atoms with E-state index in [9.17, 15) is 0 Å². The molecule has 1 aromatic rings. The van der Waals surface area contributed by atoms with Gasteiger partial charge in [-0.15, -0.1) is 11.3 Å². The van der Waals surface area contributed by atoms with Gasteiger partial charge in [0.05, 0.1) is 0 Å². The van der Waals surface area contributed by atoms with Gasteiger partial charge < -0.3 is 5.32 Å². The van der Waals surface area contributed by atoms with E-state index in [0.717, 1.165) is 13.1 Å². The van der Waals surface area contributed by atoms with Gasteiger partial charge in [-0.05, 0) is 38.8 Å². The van der Waals surface area contributed by atoms with Crippen LogP contribution in [0.15, 0.2) is 6.07 Å². The molecule has 0 aromatic carbocycles. The molecule has 1 aliphatic heterocycles. The van der Waals surface area contributed by atoms with Gasteiger partial charge in [0.2, 0.25) is 0 Å². The molecule has 1 aliphatic rings. The van der Waals surface area contributed by atoms with Gasteiger partial charge in [0.25, 0.3) is 0 Å². The molecule has 0 saturated carbocycles. The first-order valence-electron chi connectivity index (χ1n) is 6.63. The summed E-state index contributed by atoms with van der Waals surface area (Å²) in [5, 5.41) is 3.61. The van der Waals surface area contributed by atoms with E-state index in [1.807, 2.05) is 11.3 Å². The van der Waals surface area contributed by atoms with Crippen LogP contribution in [0.1, 0.15) is 35.6 Å². The van der Waals surface area contributed by atoms with Gasteiger partial charge in [0.15, 0.2) is 0 Å². The van der Waals surface area contributed by atoms with Crippen molar-refractivity contribution in [1.29, 1.82) is 0 Å². The molecule has 2 unspecified atom stereocenters. The molecule has 2 rings (SSSR count). The summed E-state index contributed by atoms with van der Waals surface area (Å²) in [7, 11) is 0. The smallest absolute Gasteiger partial charge is 0.0332 e. The molecule has 0 aliphatic carbocycles. The summed E-state index contributed by atoms with van der Waals surface area (Å²) in [6.45, 7) is 12.5. The first kappa shape index (κ1) is 13.1. The van der Waals surface area contributed by atoms with E-state index < -0.39 is 0 Å². The first-order valence-corrected chi connectivity index (χ1v) is 7.45. The minimum Gasteiger partial charge on any atom is -0.311 e. The highest BCUT2D eigenvalue weighted by Crippen LogP contribution is 2.23. The van der Waals surface area contributed by atoms with Crippen LogP contribution in [0, 0.1) is 13.8 Å². The molecular weight excluding hydrogens is 228 g/mol. The first-order chi connectivity index (χ1) is 8.10. The van der Waals surface area contributed by atoms with Crippen LogP contribution in [0.25, 0.3) is 0 Å². The Kier molecular flexibility index (Phi) is 4.23. The number of piperazine rings is 1. The minimum absolute atomic E-state index is 0.653. The van der Waals surface area contributed by atoms with Crippen LogP contribution in [-0.4, -0.2) is 30.1 Å². The van der Waals surface area contributed by atoms with Crippen molar-refractivity contribution in [3.63, 3.8) is 0 Å². The van der Waals surface area contributed by atoms with Crippen LogP contribution in [0.5, 0.6) is 0 Å². The maximum Gasteiger partial charge on any atom is 0.0332 e. The molecule has 1 aromatic heterocycles. The predicted octanol–water partition coefficient (Wildman–Crippen LogP) is 2.94. The van der Waals surface area contributed by atoms with Crippen LogP contribution < -0.4 is 5.32 Å². The Balaban J connectivity index is 2.01. The summed E-state index contributed by atoms with van der Waals surface area (Å²) in [5.41, 5.74) is 1.44. The lowest BCUT2D eigenvalue weighted by molar-refractivity contribution is 0.133. The third kappa shape index (κ3) is 3.09. The SMILES string of the molecule is CCC1CN(Cc2cc(C)c(C)s2)C(C)CN1. The molecule has 3 heteroatoms. The molecule has 0 spiro atoms. The van der Waals surface area contributed by atoms with E-state index in [0.29, 0.717) is 12.1 Å². The van der Waals surface area contributed by atoms with Crippen LogP contribution in [0.2, 0.25) is 0 Å². The average Bonchev–Trinajstić information content (AvgIpc) is 2.61. The monoisotopic (exact) mass is 252 g/mol. The Bertz CT molecular complexity index is 353. The topological polar surface area (TPSA) is 15.3 Å². The lowest BCUT2D eigenvalue weighted by atomic mass is 10.1. The van der Waals surface area contributed by atoms with Gasteiger partial charge in [-0.25, -0.2) is 0 Å². The second kappa shape index (κ2) is 5.51. The number of aryl methyl sites for hydroxylation is 2. The zero-order valence-corrected chi connectivity index (χ0v) is 12.2. The van der Waals surface area contributed by atoms with Crippen molar-refractivity contribution in [1.82, 2.24) is 10.2 Å². The van der Waals surface area contributed by atoms with E-state index >= 15 is 0 Å². The third-order valence-electron chi connectivity index (χ3n) is 3.85. The molecule has 2 heterocycles. The predicted molar refractivity (Wildman–Crippen MR) is 75.7 cm³/mol. The number of nitrogens with zero attached hydrogens (tertiary/aromatic N) is 1. The van der Waals surface area contributed by atoms with E-state index in [1.165, 1.54) is 28.3 Å². The van der Waals surface area contributed by atoms with Crippen LogP contribution in [-0.2, 0) is 6.54 Å². The zero-order valence-electron chi connectivity index (χ0n) is 11.4. The highest BCUT2D eigenvalue weighted by atomic mass is 32.1. The van der Waals surface area contributed by atoms with E-state index in [4.69, 9.17) is 0 Å². The zero-order chi connectivity index (χ0) is 12.4. The fourth-order valence-corrected chi connectivity index (χ4v) is 3.49. The van der Waals surface area contributed by atoms with Crippen molar-refractivity contribution < 1.29 is 0 Å². The molecule has 1 N–H and O–H groups in total. The molecule has 1 saturated heterocycles. The quantitative estimate of drug-likeness (QED) is 0.890. The Labute approximate surface area is 109 Å². The van der Waals surface area contributed by atoms with Crippen molar-refractivity contribution in [2.24, 2.45) is 0 Å². The van der Waals surface area contributed by atoms with Crippen molar-refractivity contribution in [2.75, 3.05) is 13.1 Å². The van der Waals surface area contributed by atoms with Crippen molar-refractivity contribution >= 4 is 11.3 Å².